The maximum absolute atomic E-state index is 12.1. The normalized spacial score (nSPS) is 15.7. The zero-order valence-electron chi connectivity index (χ0n) is 11.9. The Morgan fingerprint density at radius 3 is 2.65 bits per heavy atom. The van der Waals surface area contributed by atoms with Crippen molar-refractivity contribution >= 4 is 28.9 Å². The highest BCUT2D eigenvalue weighted by molar-refractivity contribution is 7.80. The van der Waals surface area contributed by atoms with Gasteiger partial charge in [-0.05, 0) is 43.1 Å². The van der Waals surface area contributed by atoms with Crippen molar-refractivity contribution in [1.29, 1.82) is 0 Å². The number of carbonyl (C=O) groups excluding carboxylic acids is 1. The van der Waals surface area contributed by atoms with Crippen molar-refractivity contribution in [3.05, 3.63) is 29.8 Å². The number of hydrogen-bond donors (Lipinski definition) is 2. The lowest BCUT2D eigenvalue weighted by Crippen LogP contribution is -2.39. The van der Waals surface area contributed by atoms with E-state index in [0.29, 0.717) is 5.11 Å². The molecule has 0 heterocycles. The third-order valence-corrected chi connectivity index (χ3v) is 4.06. The van der Waals surface area contributed by atoms with Gasteiger partial charge in [0.05, 0.1) is 0 Å². The van der Waals surface area contributed by atoms with Crippen molar-refractivity contribution in [2.75, 3.05) is 5.32 Å². The minimum atomic E-state index is 0.0659. The van der Waals surface area contributed by atoms with Crippen molar-refractivity contribution in [3.8, 4) is 0 Å². The van der Waals surface area contributed by atoms with E-state index in [4.69, 9.17) is 12.2 Å². The second-order valence-electron chi connectivity index (χ2n) is 5.29. The fourth-order valence-electron chi connectivity index (χ4n) is 2.68. The van der Waals surface area contributed by atoms with Crippen LogP contribution in [-0.4, -0.2) is 11.0 Å². The molecular formula is C16H22N2OS. The van der Waals surface area contributed by atoms with Crippen LogP contribution in [-0.2, 0) is 11.2 Å². The fraction of sp³-hybridized carbons (Fsp3) is 0.500. The average molecular weight is 290 g/mol. The number of amides is 1. The Hall–Kier alpha value is -1.42. The minimum absolute atomic E-state index is 0.0659. The van der Waals surface area contributed by atoms with Gasteiger partial charge in [0, 0.05) is 11.6 Å². The summed E-state index contributed by atoms with van der Waals surface area (Å²) in [5.74, 6) is 0.195. The molecule has 1 fully saturated rings. The first kappa shape index (κ1) is 15.0. The lowest BCUT2D eigenvalue weighted by molar-refractivity contribution is -0.124. The monoisotopic (exact) mass is 290 g/mol. The van der Waals surface area contributed by atoms with E-state index >= 15 is 0 Å². The van der Waals surface area contributed by atoms with Crippen LogP contribution in [0, 0.1) is 5.92 Å². The number of rotatable bonds is 3. The van der Waals surface area contributed by atoms with Gasteiger partial charge in [0.25, 0.3) is 0 Å². The summed E-state index contributed by atoms with van der Waals surface area (Å²) >= 11 is 5.25. The van der Waals surface area contributed by atoms with E-state index in [0.717, 1.165) is 37.8 Å². The zero-order chi connectivity index (χ0) is 14.4. The second-order valence-corrected chi connectivity index (χ2v) is 5.70. The molecule has 0 spiro atoms. The molecule has 1 aliphatic rings. The number of anilines is 1. The summed E-state index contributed by atoms with van der Waals surface area (Å²) in [4.78, 5) is 12.1. The fourth-order valence-corrected chi connectivity index (χ4v) is 2.89. The van der Waals surface area contributed by atoms with Crippen LogP contribution in [0.5, 0.6) is 0 Å². The quantitative estimate of drug-likeness (QED) is 0.835. The Kier molecular flexibility index (Phi) is 5.53. The number of benzene rings is 1. The molecule has 1 aromatic rings. The summed E-state index contributed by atoms with van der Waals surface area (Å²) in [6.07, 6.45) is 6.45. The van der Waals surface area contributed by atoms with E-state index in [1.165, 1.54) is 12.0 Å². The molecule has 4 heteroatoms. The minimum Gasteiger partial charge on any atom is -0.332 e. The van der Waals surface area contributed by atoms with Crippen LogP contribution in [0.2, 0.25) is 0 Å². The SMILES string of the molecule is CCc1ccccc1NC(=S)NC(=O)C1CCCCC1. The van der Waals surface area contributed by atoms with Gasteiger partial charge in [-0.15, -0.1) is 0 Å². The maximum Gasteiger partial charge on any atom is 0.229 e. The van der Waals surface area contributed by atoms with Crippen molar-refractivity contribution in [2.24, 2.45) is 5.92 Å². The van der Waals surface area contributed by atoms with Gasteiger partial charge >= 0.3 is 0 Å². The Bertz CT molecular complexity index is 481. The topological polar surface area (TPSA) is 41.1 Å². The zero-order valence-corrected chi connectivity index (χ0v) is 12.8. The lowest BCUT2D eigenvalue weighted by Gasteiger charge is -2.21. The van der Waals surface area contributed by atoms with Crippen LogP contribution >= 0.6 is 12.2 Å². The molecule has 0 aromatic heterocycles. The molecule has 1 aliphatic carbocycles. The number of hydrogen-bond acceptors (Lipinski definition) is 2. The molecule has 0 radical (unpaired) electrons. The van der Waals surface area contributed by atoms with Crippen LogP contribution in [0.25, 0.3) is 0 Å². The molecule has 1 amide bonds. The first-order chi connectivity index (χ1) is 9.70. The summed E-state index contributed by atoms with van der Waals surface area (Å²) < 4.78 is 0. The molecule has 0 saturated heterocycles. The highest BCUT2D eigenvalue weighted by Crippen LogP contribution is 2.23. The van der Waals surface area contributed by atoms with Crippen LogP contribution in [0.3, 0.4) is 0 Å². The molecule has 1 saturated carbocycles. The Morgan fingerprint density at radius 2 is 1.95 bits per heavy atom. The summed E-state index contributed by atoms with van der Waals surface area (Å²) in [7, 11) is 0. The van der Waals surface area contributed by atoms with Gasteiger partial charge in [-0.2, -0.15) is 0 Å². The smallest absolute Gasteiger partial charge is 0.229 e. The largest absolute Gasteiger partial charge is 0.332 e. The molecule has 2 rings (SSSR count). The van der Waals surface area contributed by atoms with Gasteiger partial charge in [0.2, 0.25) is 5.91 Å². The van der Waals surface area contributed by atoms with E-state index < -0.39 is 0 Å². The summed E-state index contributed by atoms with van der Waals surface area (Å²) in [6.45, 7) is 2.10. The molecule has 1 aromatic carbocycles. The number of carbonyl (C=O) groups is 1. The third-order valence-electron chi connectivity index (χ3n) is 3.86. The maximum atomic E-state index is 12.1. The van der Waals surface area contributed by atoms with E-state index in [1.807, 2.05) is 18.2 Å². The molecule has 108 valence electrons. The first-order valence-electron chi connectivity index (χ1n) is 7.40. The van der Waals surface area contributed by atoms with Gasteiger partial charge in [-0.25, -0.2) is 0 Å². The number of para-hydroxylation sites is 1. The van der Waals surface area contributed by atoms with E-state index in [-0.39, 0.29) is 11.8 Å². The number of nitrogens with one attached hydrogen (secondary N) is 2. The van der Waals surface area contributed by atoms with Crippen LogP contribution < -0.4 is 10.6 Å². The lowest BCUT2D eigenvalue weighted by atomic mass is 9.89. The Morgan fingerprint density at radius 1 is 1.25 bits per heavy atom. The molecule has 3 nitrogen and oxygen atoms in total. The molecule has 20 heavy (non-hydrogen) atoms. The van der Waals surface area contributed by atoms with Gasteiger partial charge in [0.15, 0.2) is 5.11 Å². The van der Waals surface area contributed by atoms with Gasteiger partial charge in [0.1, 0.15) is 0 Å². The van der Waals surface area contributed by atoms with Gasteiger partial charge in [-0.1, -0.05) is 44.4 Å². The predicted octanol–water partition coefficient (Wildman–Crippen LogP) is 3.64. The standard InChI is InChI=1S/C16H22N2OS/c1-2-12-8-6-7-11-14(12)17-16(20)18-15(19)13-9-4-3-5-10-13/h6-8,11,13H,2-5,9-10H2,1H3,(H2,17,18,19,20). The molecular weight excluding hydrogens is 268 g/mol. The van der Waals surface area contributed by atoms with Crippen molar-refractivity contribution < 1.29 is 4.79 Å². The predicted molar refractivity (Wildman–Crippen MR) is 86.8 cm³/mol. The third kappa shape index (κ3) is 4.04. The van der Waals surface area contributed by atoms with E-state index in [9.17, 15) is 4.79 Å². The Balaban J connectivity index is 1.90. The molecule has 0 unspecified atom stereocenters. The highest BCUT2D eigenvalue weighted by atomic mass is 32.1. The van der Waals surface area contributed by atoms with Crippen LogP contribution in [0.4, 0.5) is 5.69 Å². The second kappa shape index (κ2) is 7.39. The summed E-state index contributed by atoms with van der Waals surface area (Å²) in [6, 6.07) is 8.02. The number of aryl methyl sites for hydroxylation is 1. The van der Waals surface area contributed by atoms with E-state index in [1.54, 1.807) is 0 Å². The number of thiocarbonyl (C=S) groups is 1. The van der Waals surface area contributed by atoms with Crippen molar-refractivity contribution in [1.82, 2.24) is 5.32 Å². The van der Waals surface area contributed by atoms with E-state index in [2.05, 4.69) is 23.6 Å². The molecule has 0 bridgehead atoms. The van der Waals surface area contributed by atoms with Crippen molar-refractivity contribution in [2.45, 2.75) is 45.4 Å². The van der Waals surface area contributed by atoms with Gasteiger partial charge < -0.3 is 10.6 Å². The average Bonchev–Trinajstić information content (AvgIpc) is 2.48. The molecule has 0 aliphatic heterocycles. The molecule has 2 N–H and O–H groups in total. The van der Waals surface area contributed by atoms with Gasteiger partial charge in [-0.3, -0.25) is 4.79 Å². The molecule has 0 atom stereocenters. The van der Waals surface area contributed by atoms with Crippen LogP contribution in [0.1, 0.15) is 44.6 Å². The Labute approximate surface area is 126 Å². The van der Waals surface area contributed by atoms with Crippen LogP contribution in [0.15, 0.2) is 24.3 Å². The van der Waals surface area contributed by atoms with Crippen molar-refractivity contribution in [3.63, 3.8) is 0 Å². The first-order valence-corrected chi connectivity index (χ1v) is 7.81. The summed E-state index contributed by atoms with van der Waals surface area (Å²) in [5, 5.41) is 6.37. The highest BCUT2D eigenvalue weighted by Gasteiger charge is 2.21. The summed E-state index contributed by atoms with van der Waals surface area (Å²) in [5.41, 5.74) is 2.17.